The van der Waals surface area contributed by atoms with E-state index < -0.39 is 11.7 Å². The van der Waals surface area contributed by atoms with Gasteiger partial charge in [-0.15, -0.1) is 0 Å². The number of rotatable bonds is 5. The minimum Gasteiger partial charge on any atom is -0.475 e. The minimum atomic E-state index is -3.22. The van der Waals surface area contributed by atoms with Gasteiger partial charge < -0.3 is 14.6 Å². The summed E-state index contributed by atoms with van der Waals surface area (Å²) in [6.07, 6.45) is 3.14. The Hall–Kier alpha value is -3.10. The summed E-state index contributed by atoms with van der Waals surface area (Å²) >= 11 is 0. The molecule has 148 valence electrons. The van der Waals surface area contributed by atoms with Gasteiger partial charge in [0.25, 0.3) is 0 Å². The monoisotopic (exact) mass is 389 g/mol. The Labute approximate surface area is 160 Å². The lowest BCUT2D eigenvalue weighted by Crippen LogP contribution is -2.15. The highest BCUT2D eigenvalue weighted by molar-refractivity contribution is 5.98. The van der Waals surface area contributed by atoms with Crippen LogP contribution >= 0.6 is 0 Å². The van der Waals surface area contributed by atoms with Crippen LogP contribution in [0.5, 0.6) is 5.88 Å². The van der Waals surface area contributed by atoms with Crippen LogP contribution in [0.2, 0.25) is 0 Å². The molecule has 0 aliphatic heterocycles. The number of carbonyl (C=O) groups excluding carboxylic acids is 1. The summed E-state index contributed by atoms with van der Waals surface area (Å²) in [6.45, 7) is 5.70. The average molecular weight is 389 g/mol. The molecule has 0 unspecified atom stereocenters. The molecule has 3 aromatic heterocycles. The number of aromatic nitrogens is 4. The van der Waals surface area contributed by atoms with E-state index in [0.717, 1.165) is 12.4 Å². The third-order valence-electron chi connectivity index (χ3n) is 3.91. The van der Waals surface area contributed by atoms with Crippen LogP contribution in [0.25, 0.3) is 22.2 Å². The van der Waals surface area contributed by atoms with Crippen molar-refractivity contribution in [1.82, 2.24) is 19.5 Å². The summed E-state index contributed by atoms with van der Waals surface area (Å²) in [6, 6.07) is 3.21. The number of hydrogen-bond acceptors (Lipinski definition) is 5. The number of aryl methyl sites for hydroxylation is 1. The van der Waals surface area contributed by atoms with E-state index in [1.165, 1.54) is 13.0 Å². The van der Waals surface area contributed by atoms with Gasteiger partial charge in [-0.1, -0.05) is 0 Å². The van der Waals surface area contributed by atoms with Crippen molar-refractivity contribution in [3.8, 4) is 17.1 Å². The summed E-state index contributed by atoms with van der Waals surface area (Å²) in [7, 11) is 1.81. The Morgan fingerprint density at radius 3 is 2.61 bits per heavy atom. The molecule has 9 heteroatoms. The van der Waals surface area contributed by atoms with Gasteiger partial charge in [-0.25, -0.2) is 9.97 Å². The molecular formula is C19H21F2N5O2. The average Bonchev–Trinajstić information content (AvgIpc) is 2.89. The number of nitrogens with one attached hydrogen (secondary N) is 1. The van der Waals surface area contributed by atoms with Crippen LogP contribution in [0.4, 0.5) is 14.6 Å². The van der Waals surface area contributed by atoms with Crippen LogP contribution in [0.15, 0.2) is 24.5 Å². The predicted molar refractivity (Wildman–Crippen MR) is 101 cm³/mol. The molecule has 0 radical (unpaired) electrons. The van der Waals surface area contributed by atoms with Gasteiger partial charge in [-0.05, 0) is 19.9 Å². The molecule has 0 aromatic carbocycles. The van der Waals surface area contributed by atoms with E-state index in [4.69, 9.17) is 4.74 Å². The van der Waals surface area contributed by atoms with Gasteiger partial charge in [0.15, 0.2) is 0 Å². The van der Waals surface area contributed by atoms with Gasteiger partial charge in [-0.3, -0.25) is 4.79 Å². The lowest BCUT2D eigenvalue weighted by Gasteiger charge is -2.14. The maximum atomic E-state index is 14.0. The molecule has 0 aliphatic rings. The van der Waals surface area contributed by atoms with Crippen molar-refractivity contribution in [2.24, 2.45) is 7.05 Å². The fourth-order valence-corrected chi connectivity index (χ4v) is 2.79. The first kappa shape index (κ1) is 19.7. The molecule has 0 fully saturated rings. The number of pyridine rings is 1. The van der Waals surface area contributed by atoms with E-state index in [0.29, 0.717) is 22.5 Å². The molecule has 7 nitrogen and oxygen atoms in total. The second-order valence-corrected chi connectivity index (χ2v) is 6.89. The second-order valence-electron chi connectivity index (χ2n) is 6.89. The third kappa shape index (κ3) is 4.08. The predicted octanol–water partition coefficient (Wildman–Crippen LogP) is 3.89. The maximum Gasteiger partial charge on any atom is 0.303 e. The number of ether oxygens (including phenoxy) is 1. The molecule has 3 heterocycles. The highest BCUT2D eigenvalue weighted by Gasteiger charge is 2.30. The molecular weight excluding hydrogens is 368 g/mol. The van der Waals surface area contributed by atoms with Crippen LogP contribution in [0.3, 0.4) is 0 Å². The molecule has 28 heavy (non-hydrogen) atoms. The fraction of sp³-hybridized carbons (Fsp3) is 0.368. The lowest BCUT2D eigenvalue weighted by atomic mass is 10.1. The SMILES string of the molecule is CC(=O)Nc1cc2c(-c3cc(OC(C)C)nc(C(C)(F)F)n3)cn(C)c2cn1. The number of alkyl halides is 2. The smallest absolute Gasteiger partial charge is 0.303 e. The van der Waals surface area contributed by atoms with Crippen molar-refractivity contribution < 1.29 is 18.3 Å². The van der Waals surface area contributed by atoms with Crippen molar-refractivity contribution >= 4 is 22.6 Å². The fourth-order valence-electron chi connectivity index (χ4n) is 2.79. The number of fused-ring (bicyclic) bond motifs is 1. The molecule has 1 N–H and O–H groups in total. The Morgan fingerprint density at radius 1 is 1.29 bits per heavy atom. The van der Waals surface area contributed by atoms with Crippen molar-refractivity contribution in [1.29, 1.82) is 0 Å². The summed E-state index contributed by atoms with van der Waals surface area (Å²) in [5.74, 6) is -3.66. The Bertz CT molecular complexity index is 1040. The van der Waals surface area contributed by atoms with Gasteiger partial charge in [0.1, 0.15) is 5.82 Å². The summed E-state index contributed by atoms with van der Waals surface area (Å²) < 4.78 is 35.3. The first-order valence-corrected chi connectivity index (χ1v) is 8.71. The number of anilines is 1. The zero-order chi connectivity index (χ0) is 20.6. The van der Waals surface area contributed by atoms with Gasteiger partial charge in [0.2, 0.25) is 17.6 Å². The summed E-state index contributed by atoms with van der Waals surface area (Å²) in [4.78, 5) is 23.5. The second kappa shape index (κ2) is 7.14. The quantitative estimate of drug-likeness (QED) is 0.716. The molecule has 0 aliphatic carbocycles. The van der Waals surface area contributed by atoms with Crippen LogP contribution in [0.1, 0.15) is 33.5 Å². The van der Waals surface area contributed by atoms with Crippen molar-refractivity contribution in [2.75, 3.05) is 5.32 Å². The molecule has 0 saturated carbocycles. The molecule has 0 atom stereocenters. The van der Waals surface area contributed by atoms with E-state index >= 15 is 0 Å². The number of carbonyl (C=O) groups is 1. The molecule has 0 spiro atoms. The highest BCUT2D eigenvalue weighted by Crippen LogP contribution is 2.34. The number of halogens is 2. The number of amides is 1. The minimum absolute atomic E-state index is 0.0738. The third-order valence-corrected chi connectivity index (χ3v) is 3.91. The van der Waals surface area contributed by atoms with E-state index in [2.05, 4.69) is 20.3 Å². The number of hydrogen-bond donors (Lipinski definition) is 1. The zero-order valence-electron chi connectivity index (χ0n) is 16.2. The first-order chi connectivity index (χ1) is 13.0. The zero-order valence-corrected chi connectivity index (χ0v) is 16.2. The van der Waals surface area contributed by atoms with Crippen LogP contribution < -0.4 is 10.1 Å². The number of nitrogens with zero attached hydrogens (tertiary/aromatic N) is 4. The Morgan fingerprint density at radius 2 is 2.00 bits per heavy atom. The molecule has 1 amide bonds. The van der Waals surface area contributed by atoms with Gasteiger partial charge >= 0.3 is 5.92 Å². The van der Waals surface area contributed by atoms with E-state index in [1.807, 2.05) is 11.6 Å². The van der Waals surface area contributed by atoms with Crippen molar-refractivity contribution in [2.45, 2.75) is 39.7 Å². The van der Waals surface area contributed by atoms with Crippen LogP contribution in [-0.2, 0) is 17.8 Å². The molecule has 0 saturated heterocycles. The highest BCUT2D eigenvalue weighted by atomic mass is 19.3. The summed E-state index contributed by atoms with van der Waals surface area (Å²) in [5, 5.41) is 3.33. The first-order valence-electron chi connectivity index (χ1n) is 8.71. The van der Waals surface area contributed by atoms with Gasteiger partial charge in [0, 0.05) is 44.1 Å². The lowest BCUT2D eigenvalue weighted by molar-refractivity contribution is -0.114. The van der Waals surface area contributed by atoms with Gasteiger partial charge in [0.05, 0.1) is 23.5 Å². The molecule has 3 aromatic rings. The van der Waals surface area contributed by atoms with Crippen LogP contribution in [0, 0.1) is 0 Å². The maximum absolute atomic E-state index is 14.0. The van der Waals surface area contributed by atoms with Crippen molar-refractivity contribution in [3.63, 3.8) is 0 Å². The van der Waals surface area contributed by atoms with E-state index in [-0.39, 0.29) is 17.9 Å². The molecule has 3 rings (SSSR count). The Kier molecular flexibility index (Phi) is 5.01. The topological polar surface area (TPSA) is 81.9 Å². The van der Waals surface area contributed by atoms with Crippen molar-refractivity contribution in [3.05, 3.63) is 30.4 Å². The molecule has 0 bridgehead atoms. The standard InChI is InChI=1S/C19H21F2N5O2/c1-10(2)28-17-7-14(24-18(25-17)19(4,20)21)13-9-26(5)15-8-22-16(6-12(13)15)23-11(3)27/h6-10H,1-5H3,(H,22,23,27). The van der Waals surface area contributed by atoms with Crippen LogP contribution in [-0.4, -0.2) is 31.5 Å². The normalized spacial score (nSPS) is 11.9. The largest absolute Gasteiger partial charge is 0.475 e. The Balaban J connectivity index is 2.21. The van der Waals surface area contributed by atoms with E-state index in [1.54, 1.807) is 32.3 Å². The summed E-state index contributed by atoms with van der Waals surface area (Å²) in [5.41, 5.74) is 1.67. The van der Waals surface area contributed by atoms with Gasteiger partial charge in [-0.2, -0.15) is 13.8 Å². The van der Waals surface area contributed by atoms with E-state index in [9.17, 15) is 13.6 Å².